The van der Waals surface area contributed by atoms with E-state index in [1.807, 2.05) is 18.2 Å². The monoisotopic (exact) mass is 395 g/mol. The summed E-state index contributed by atoms with van der Waals surface area (Å²) in [6, 6.07) is 17.6. The highest BCUT2D eigenvalue weighted by Gasteiger charge is 2.13. The maximum Gasteiger partial charge on any atom is 0.330 e. The van der Waals surface area contributed by atoms with Crippen LogP contribution >= 0.6 is 11.6 Å². The lowest BCUT2D eigenvalue weighted by molar-refractivity contribution is -0.137. The summed E-state index contributed by atoms with van der Waals surface area (Å²) in [7, 11) is 0. The number of carbonyl (C=O) groups excluding carboxylic acids is 2. The molecule has 142 valence electrons. The van der Waals surface area contributed by atoms with Crippen LogP contribution in [-0.2, 0) is 9.53 Å². The number of ether oxygens (including phenoxy) is 1. The third-order valence-electron chi connectivity index (χ3n) is 3.78. The highest BCUT2D eigenvalue weighted by Crippen LogP contribution is 2.25. The fourth-order valence-corrected chi connectivity index (χ4v) is 2.71. The lowest BCUT2D eigenvalue weighted by Crippen LogP contribution is -2.10. The van der Waals surface area contributed by atoms with E-state index in [4.69, 9.17) is 20.8 Å². The van der Waals surface area contributed by atoms with Crippen molar-refractivity contribution in [3.05, 3.63) is 83.1 Å². The van der Waals surface area contributed by atoms with Crippen molar-refractivity contribution in [3.63, 3.8) is 0 Å². The molecule has 2 aromatic carbocycles. The van der Waals surface area contributed by atoms with Crippen molar-refractivity contribution in [2.24, 2.45) is 0 Å². The van der Waals surface area contributed by atoms with Crippen LogP contribution in [0.4, 0.5) is 5.69 Å². The van der Waals surface area contributed by atoms with Gasteiger partial charge in [0, 0.05) is 22.3 Å². The molecule has 3 rings (SSSR count). The van der Waals surface area contributed by atoms with Crippen LogP contribution in [0.25, 0.3) is 17.4 Å². The zero-order chi connectivity index (χ0) is 19.9. The topological polar surface area (TPSA) is 68.5 Å². The fraction of sp³-hybridized carbons (Fsp3) is 0.0909. The van der Waals surface area contributed by atoms with Gasteiger partial charge in [-0.05, 0) is 55.0 Å². The number of nitrogens with one attached hydrogen (secondary N) is 1. The van der Waals surface area contributed by atoms with Crippen LogP contribution in [0.15, 0.2) is 71.2 Å². The van der Waals surface area contributed by atoms with Crippen LogP contribution in [0.5, 0.6) is 0 Å². The molecule has 0 spiro atoms. The van der Waals surface area contributed by atoms with Gasteiger partial charge in [-0.2, -0.15) is 0 Å². The van der Waals surface area contributed by atoms with Crippen LogP contribution in [0.3, 0.4) is 0 Å². The molecule has 3 aromatic rings. The van der Waals surface area contributed by atoms with Crippen LogP contribution in [0.1, 0.15) is 23.0 Å². The predicted molar refractivity (Wildman–Crippen MR) is 109 cm³/mol. The molecule has 5 nitrogen and oxygen atoms in total. The van der Waals surface area contributed by atoms with E-state index in [-0.39, 0.29) is 11.7 Å². The van der Waals surface area contributed by atoms with E-state index in [1.165, 1.54) is 6.08 Å². The minimum Gasteiger partial charge on any atom is -0.463 e. The molecule has 0 unspecified atom stereocenters. The zero-order valence-electron chi connectivity index (χ0n) is 15.1. The van der Waals surface area contributed by atoms with Crippen molar-refractivity contribution in [1.82, 2.24) is 0 Å². The highest BCUT2D eigenvalue weighted by atomic mass is 35.5. The summed E-state index contributed by atoms with van der Waals surface area (Å²) >= 11 is 5.99. The average Bonchev–Trinajstić information content (AvgIpc) is 3.17. The molecule has 1 aromatic heterocycles. The fourth-order valence-electron chi connectivity index (χ4n) is 2.52. The lowest BCUT2D eigenvalue weighted by atomic mass is 10.2. The first kappa shape index (κ1) is 19.5. The van der Waals surface area contributed by atoms with Gasteiger partial charge in [0.2, 0.25) is 0 Å². The van der Waals surface area contributed by atoms with Crippen LogP contribution in [-0.4, -0.2) is 18.5 Å². The molecule has 1 amide bonds. The van der Waals surface area contributed by atoms with Gasteiger partial charge in [0.25, 0.3) is 5.91 Å². The van der Waals surface area contributed by atoms with Gasteiger partial charge in [0.05, 0.1) is 6.61 Å². The number of amides is 1. The summed E-state index contributed by atoms with van der Waals surface area (Å²) in [6.07, 6.45) is 2.96. The largest absolute Gasteiger partial charge is 0.463 e. The molecule has 1 N–H and O–H groups in total. The first-order chi connectivity index (χ1) is 13.5. The van der Waals surface area contributed by atoms with Gasteiger partial charge in [0.15, 0.2) is 5.76 Å². The van der Waals surface area contributed by atoms with Gasteiger partial charge in [-0.1, -0.05) is 35.9 Å². The van der Waals surface area contributed by atoms with E-state index < -0.39 is 5.97 Å². The Hall–Kier alpha value is -3.31. The number of anilines is 1. The van der Waals surface area contributed by atoms with Crippen LogP contribution in [0, 0.1) is 0 Å². The molecule has 0 aliphatic carbocycles. The maximum atomic E-state index is 12.5. The Morgan fingerprint density at radius 2 is 1.93 bits per heavy atom. The van der Waals surface area contributed by atoms with E-state index in [9.17, 15) is 9.59 Å². The summed E-state index contributed by atoms with van der Waals surface area (Å²) in [5.41, 5.74) is 2.12. The number of hydrogen-bond acceptors (Lipinski definition) is 4. The van der Waals surface area contributed by atoms with Gasteiger partial charge in [-0.25, -0.2) is 4.79 Å². The van der Waals surface area contributed by atoms with E-state index >= 15 is 0 Å². The second kappa shape index (κ2) is 9.06. The number of rotatable bonds is 6. The van der Waals surface area contributed by atoms with E-state index in [2.05, 4.69) is 5.32 Å². The Balaban J connectivity index is 1.70. The highest BCUT2D eigenvalue weighted by molar-refractivity contribution is 6.30. The average molecular weight is 396 g/mol. The lowest BCUT2D eigenvalue weighted by Gasteiger charge is -2.04. The number of carbonyl (C=O) groups is 2. The van der Waals surface area contributed by atoms with E-state index in [0.29, 0.717) is 23.1 Å². The first-order valence-electron chi connectivity index (χ1n) is 8.67. The normalized spacial score (nSPS) is 10.8. The van der Waals surface area contributed by atoms with Crippen molar-refractivity contribution in [3.8, 4) is 11.3 Å². The SMILES string of the molecule is CCOC(=O)/C=C/c1cccc(NC(=O)c2ccc(-c3cccc(Cl)c3)o2)c1. The molecular weight excluding hydrogens is 378 g/mol. The van der Waals surface area contributed by atoms with Crippen molar-refractivity contribution < 1.29 is 18.7 Å². The minimum atomic E-state index is -0.416. The minimum absolute atomic E-state index is 0.183. The second-order valence-electron chi connectivity index (χ2n) is 5.84. The molecule has 0 bridgehead atoms. The van der Waals surface area contributed by atoms with Crippen LogP contribution in [0.2, 0.25) is 5.02 Å². The quantitative estimate of drug-likeness (QED) is 0.446. The third-order valence-corrected chi connectivity index (χ3v) is 4.02. The second-order valence-corrected chi connectivity index (χ2v) is 6.28. The number of halogens is 1. The smallest absolute Gasteiger partial charge is 0.330 e. The summed E-state index contributed by atoms with van der Waals surface area (Å²) < 4.78 is 10.5. The molecule has 0 aliphatic heterocycles. The van der Waals surface area contributed by atoms with Gasteiger partial charge in [0.1, 0.15) is 5.76 Å². The van der Waals surface area contributed by atoms with Gasteiger partial charge in [-0.15, -0.1) is 0 Å². The van der Waals surface area contributed by atoms with E-state index in [0.717, 1.165) is 11.1 Å². The Morgan fingerprint density at radius 3 is 2.71 bits per heavy atom. The number of hydrogen-bond donors (Lipinski definition) is 1. The van der Waals surface area contributed by atoms with Gasteiger partial charge in [-0.3, -0.25) is 4.79 Å². The van der Waals surface area contributed by atoms with Crippen LogP contribution < -0.4 is 5.32 Å². The number of furan rings is 1. The van der Waals surface area contributed by atoms with Crippen molar-refractivity contribution >= 4 is 35.2 Å². The molecular formula is C22H18ClNO4. The molecule has 0 atom stereocenters. The molecule has 28 heavy (non-hydrogen) atoms. The summed E-state index contributed by atoms with van der Waals surface area (Å²) in [5.74, 6) is -0.0536. The van der Waals surface area contributed by atoms with Crippen molar-refractivity contribution in [1.29, 1.82) is 0 Å². The van der Waals surface area contributed by atoms with Gasteiger partial charge >= 0.3 is 5.97 Å². The van der Waals surface area contributed by atoms with E-state index in [1.54, 1.807) is 55.5 Å². The summed E-state index contributed by atoms with van der Waals surface area (Å²) in [6.45, 7) is 2.06. The molecule has 0 aliphatic rings. The Morgan fingerprint density at radius 1 is 1.11 bits per heavy atom. The maximum absolute atomic E-state index is 12.5. The zero-order valence-corrected chi connectivity index (χ0v) is 15.9. The number of benzene rings is 2. The molecule has 0 saturated carbocycles. The Bertz CT molecular complexity index is 1020. The molecule has 0 radical (unpaired) electrons. The predicted octanol–water partition coefficient (Wildman–Crippen LogP) is 5.43. The number of esters is 1. The standard InChI is InChI=1S/C22H18ClNO4/c1-2-27-21(25)12-9-15-5-3-8-18(13-15)24-22(26)20-11-10-19(28-20)16-6-4-7-17(23)14-16/h3-14H,2H2,1H3,(H,24,26)/b12-9+. The first-order valence-corrected chi connectivity index (χ1v) is 9.05. The molecule has 6 heteroatoms. The third kappa shape index (κ3) is 5.11. The molecule has 0 saturated heterocycles. The molecule has 1 heterocycles. The van der Waals surface area contributed by atoms with Crippen molar-refractivity contribution in [2.75, 3.05) is 11.9 Å². The van der Waals surface area contributed by atoms with Crippen molar-refractivity contribution in [2.45, 2.75) is 6.92 Å². The molecule has 0 fully saturated rings. The summed E-state index contributed by atoms with van der Waals surface area (Å²) in [4.78, 5) is 23.9. The Labute approximate surface area is 167 Å². The summed E-state index contributed by atoms with van der Waals surface area (Å²) in [5, 5.41) is 3.37. The van der Waals surface area contributed by atoms with Gasteiger partial charge < -0.3 is 14.5 Å². The Kier molecular flexibility index (Phi) is 6.29.